The Bertz CT molecular complexity index is 725. The van der Waals surface area contributed by atoms with Gasteiger partial charge < -0.3 is 10.6 Å². The van der Waals surface area contributed by atoms with Gasteiger partial charge in [-0.15, -0.1) is 11.3 Å². The number of halogens is 1. The van der Waals surface area contributed by atoms with Crippen LogP contribution in [0.5, 0.6) is 0 Å². The van der Waals surface area contributed by atoms with Crippen molar-refractivity contribution in [3.63, 3.8) is 0 Å². The summed E-state index contributed by atoms with van der Waals surface area (Å²) in [4.78, 5) is 14.1. The van der Waals surface area contributed by atoms with Crippen LogP contribution in [0.1, 0.15) is 4.88 Å². The molecule has 0 fully saturated rings. The molecule has 21 heavy (non-hydrogen) atoms. The Morgan fingerprint density at radius 1 is 1.29 bits per heavy atom. The Balaban J connectivity index is 1.84. The van der Waals surface area contributed by atoms with Crippen molar-refractivity contribution >= 4 is 39.2 Å². The Morgan fingerprint density at radius 3 is 2.81 bits per heavy atom. The smallest absolute Gasteiger partial charge is 0.257 e. The molecule has 2 N–H and O–H groups in total. The van der Waals surface area contributed by atoms with Crippen LogP contribution in [0.4, 0.5) is 11.9 Å². The van der Waals surface area contributed by atoms with Crippen LogP contribution >= 0.6 is 27.3 Å². The van der Waals surface area contributed by atoms with E-state index in [1.165, 1.54) is 4.88 Å². The van der Waals surface area contributed by atoms with Gasteiger partial charge in [0.1, 0.15) is 0 Å². The average molecular weight is 366 g/mol. The van der Waals surface area contributed by atoms with E-state index >= 15 is 0 Å². The van der Waals surface area contributed by atoms with E-state index in [-0.39, 0.29) is 0 Å². The third-order valence-electron chi connectivity index (χ3n) is 2.65. The summed E-state index contributed by atoms with van der Waals surface area (Å²) in [5, 5.41) is 12.3. The van der Waals surface area contributed by atoms with Crippen molar-refractivity contribution in [1.82, 2.24) is 24.7 Å². The van der Waals surface area contributed by atoms with Crippen molar-refractivity contribution in [3.05, 3.63) is 39.3 Å². The summed E-state index contributed by atoms with van der Waals surface area (Å²) in [6.07, 6.45) is 3.47. The van der Waals surface area contributed by atoms with Crippen LogP contribution in [-0.2, 0) is 6.54 Å². The average Bonchev–Trinajstić information content (AvgIpc) is 3.16. The van der Waals surface area contributed by atoms with Crippen LogP contribution in [0, 0.1) is 0 Å². The third-order valence-corrected chi connectivity index (χ3v) is 4.58. The van der Waals surface area contributed by atoms with Crippen molar-refractivity contribution in [1.29, 1.82) is 0 Å². The second-order valence-corrected chi connectivity index (χ2v) is 5.88. The number of rotatable bonds is 5. The molecular formula is C12H12BrN7S. The molecule has 0 bridgehead atoms. The first-order valence-electron chi connectivity index (χ1n) is 6.16. The largest absolute Gasteiger partial charge is 0.357 e. The van der Waals surface area contributed by atoms with Crippen molar-refractivity contribution in [2.24, 2.45) is 0 Å². The van der Waals surface area contributed by atoms with E-state index in [1.807, 2.05) is 17.5 Å². The van der Waals surface area contributed by atoms with E-state index in [2.05, 4.69) is 46.6 Å². The van der Waals surface area contributed by atoms with Gasteiger partial charge in [0.05, 0.1) is 6.54 Å². The Labute approximate surface area is 133 Å². The number of hydrogen-bond acceptors (Lipinski definition) is 7. The predicted octanol–water partition coefficient (Wildman–Crippen LogP) is 2.54. The van der Waals surface area contributed by atoms with E-state index in [4.69, 9.17) is 0 Å². The molecule has 3 rings (SSSR count). The lowest BCUT2D eigenvalue weighted by atomic mass is 10.5. The monoisotopic (exact) mass is 365 g/mol. The van der Waals surface area contributed by atoms with Gasteiger partial charge in [0.15, 0.2) is 0 Å². The summed E-state index contributed by atoms with van der Waals surface area (Å²) in [5.41, 5.74) is 0. The van der Waals surface area contributed by atoms with Crippen LogP contribution in [0.15, 0.2) is 34.4 Å². The molecular weight excluding hydrogens is 354 g/mol. The third kappa shape index (κ3) is 3.19. The van der Waals surface area contributed by atoms with E-state index < -0.39 is 0 Å². The highest BCUT2D eigenvalue weighted by atomic mass is 79.9. The summed E-state index contributed by atoms with van der Waals surface area (Å²) >= 11 is 5.17. The molecule has 0 aliphatic rings. The molecule has 0 saturated carbocycles. The van der Waals surface area contributed by atoms with Gasteiger partial charge in [-0.25, -0.2) is 4.68 Å². The maximum atomic E-state index is 4.37. The van der Waals surface area contributed by atoms with E-state index in [0.29, 0.717) is 24.4 Å². The van der Waals surface area contributed by atoms with Crippen molar-refractivity contribution in [2.45, 2.75) is 6.54 Å². The first kappa shape index (κ1) is 14.0. The molecule has 0 atom stereocenters. The number of nitrogens with one attached hydrogen (secondary N) is 2. The fraction of sp³-hybridized carbons (Fsp3) is 0.167. The van der Waals surface area contributed by atoms with Gasteiger partial charge in [0, 0.05) is 28.8 Å². The van der Waals surface area contributed by atoms with Crippen LogP contribution in [0.3, 0.4) is 0 Å². The molecule has 0 radical (unpaired) electrons. The molecule has 0 saturated heterocycles. The molecule has 9 heteroatoms. The molecule has 0 spiro atoms. The SMILES string of the molecule is CNc1nc(NCc2sccc2Br)nc(-n2cccn2)n1. The minimum Gasteiger partial charge on any atom is -0.357 e. The zero-order valence-corrected chi connectivity index (χ0v) is 13.5. The predicted molar refractivity (Wildman–Crippen MR) is 85.8 cm³/mol. The Hall–Kier alpha value is -2.00. The number of thiophene rings is 1. The van der Waals surface area contributed by atoms with Crippen LogP contribution in [0.25, 0.3) is 5.95 Å². The quantitative estimate of drug-likeness (QED) is 0.722. The van der Waals surface area contributed by atoms with Gasteiger partial charge in [0.25, 0.3) is 5.95 Å². The lowest BCUT2D eigenvalue weighted by molar-refractivity contribution is 0.797. The highest BCUT2D eigenvalue weighted by molar-refractivity contribution is 9.10. The summed E-state index contributed by atoms with van der Waals surface area (Å²) in [5.74, 6) is 1.45. The van der Waals surface area contributed by atoms with E-state index in [0.717, 1.165) is 4.47 Å². The fourth-order valence-corrected chi connectivity index (χ4v) is 3.09. The number of hydrogen-bond donors (Lipinski definition) is 2. The van der Waals surface area contributed by atoms with E-state index in [1.54, 1.807) is 35.5 Å². The molecule has 0 amide bonds. The highest BCUT2D eigenvalue weighted by Gasteiger charge is 2.08. The molecule has 3 aromatic heterocycles. The van der Waals surface area contributed by atoms with Crippen LogP contribution in [0.2, 0.25) is 0 Å². The topological polar surface area (TPSA) is 80.5 Å². The minimum atomic E-state index is 0.465. The normalized spacial score (nSPS) is 10.6. The van der Waals surface area contributed by atoms with Gasteiger partial charge in [-0.1, -0.05) is 0 Å². The highest BCUT2D eigenvalue weighted by Crippen LogP contribution is 2.23. The second-order valence-electron chi connectivity index (χ2n) is 4.03. The molecule has 7 nitrogen and oxygen atoms in total. The van der Waals surface area contributed by atoms with E-state index in [9.17, 15) is 0 Å². The Kier molecular flexibility index (Phi) is 4.11. The van der Waals surface area contributed by atoms with Gasteiger partial charge >= 0.3 is 0 Å². The molecule has 0 aliphatic carbocycles. The molecule has 0 aromatic carbocycles. The van der Waals surface area contributed by atoms with Gasteiger partial charge in [-0.2, -0.15) is 20.1 Å². The first-order chi connectivity index (χ1) is 10.3. The van der Waals surface area contributed by atoms with Gasteiger partial charge in [-0.3, -0.25) is 0 Å². The zero-order chi connectivity index (χ0) is 14.7. The fourth-order valence-electron chi connectivity index (χ4n) is 1.66. The number of nitrogens with zero attached hydrogens (tertiary/aromatic N) is 5. The number of aromatic nitrogens is 5. The van der Waals surface area contributed by atoms with Crippen LogP contribution in [-0.4, -0.2) is 31.8 Å². The summed E-state index contributed by atoms with van der Waals surface area (Å²) in [6.45, 7) is 0.643. The minimum absolute atomic E-state index is 0.465. The molecule has 0 unspecified atom stereocenters. The van der Waals surface area contributed by atoms with Crippen molar-refractivity contribution < 1.29 is 0 Å². The summed E-state index contributed by atoms with van der Waals surface area (Å²) in [7, 11) is 1.77. The standard InChI is InChI=1S/C12H12BrN7S/c1-14-10-17-11(15-7-9-8(13)3-6-21-9)19-12(18-10)20-5-2-4-16-20/h2-6H,7H2,1H3,(H2,14,15,17,18,19). The van der Waals surface area contributed by atoms with Crippen molar-refractivity contribution in [2.75, 3.05) is 17.7 Å². The maximum absolute atomic E-state index is 4.37. The Morgan fingerprint density at radius 2 is 2.14 bits per heavy atom. The lowest BCUT2D eigenvalue weighted by Gasteiger charge is -2.08. The first-order valence-corrected chi connectivity index (χ1v) is 7.83. The van der Waals surface area contributed by atoms with Gasteiger partial charge in [-0.05, 0) is 33.4 Å². The number of anilines is 2. The lowest BCUT2D eigenvalue weighted by Crippen LogP contribution is -2.11. The molecule has 108 valence electrons. The zero-order valence-electron chi connectivity index (χ0n) is 11.1. The van der Waals surface area contributed by atoms with Crippen molar-refractivity contribution in [3.8, 4) is 5.95 Å². The summed E-state index contributed by atoms with van der Waals surface area (Å²) in [6, 6.07) is 3.84. The molecule has 3 aromatic rings. The van der Waals surface area contributed by atoms with Gasteiger partial charge in [0.2, 0.25) is 11.9 Å². The molecule has 0 aliphatic heterocycles. The maximum Gasteiger partial charge on any atom is 0.257 e. The van der Waals surface area contributed by atoms with Crippen LogP contribution < -0.4 is 10.6 Å². The summed E-state index contributed by atoms with van der Waals surface area (Å²) < 4.78 is 2.67. The second kappa shape index (κ2) is 6.19. The molecule has 3 heterocycles.